The molecule has 0 spiro atoms. The Balaban J connectivity index is 1.18. The number of benzene rings is 8. The van der Waals surface area contributed by atoms with Gasteiger partial charge in [-0.1, -0.05) is 152 Å². The maximum atomic E-state index is 6.75. The lowest BCUT2D eigenvalue weighted by Gasteiger charge is -2.11. The topological polar surface area (TPSA) is 65.0 Å². The fourth-order valence-corrected chi connectivity index (χ4v) is 7.83. The third kappa shape index (κ3) is 4.83. The zero-order valence-corrected chi connectivity index (χ0v) is 28.9. The van der Waals surface area contributed by atoms with Gasteiger partial charge >= 0.3 is 0 Å². The monoisotopic (exact) mass is 691 g/mol. The molecule has 5 heteroatoms. The molecule has 0 unspecified atom stereocenters. The van der Waals surface area contributed by atoms with Crippen LogP contribution in [-0.4, -0.2) is 15.0 Å². The summed E-state index contributed by atoms with van der Waals surface area (Å²) in [6.45, 7) is 0. The summed E-state index contributed by atoms with van der Waals surface area (Å²) < 4.78 is 13.3. The van der Waals surface area contributed by atoms with Crippen LogP contribution in [-0.2, 0) is 0 Å². The van der Waals surface area contributed by atoms with E-state index in [1.807, 2.05) is 60.7 Å². The molecule has 252 valence electrons. The summed E-state index contributed by atoms with van der Waals surface area (Å²) in [7, 11) is 0. The minimum Gasteiger partial charge on any atom is -0.455 e. The third-order valence-corrected chi connectivity index (χ3v) is 10.3. The number of furan rings is 2. The molecule has 0 aliphatic rings. The molecule has 11 aromatic rings. The van der Waals surface area contributed by atoms with Gasteiger partial charge in [-0.15, -0.1) is 0 Å². The Morgan fingerprint density at radius 1 is 0.296 bits per heavy atom. The number of nitrogens with zero attached hydrogens (tertiary/aromatic N) is 3. The van der Waals surface area contributed by atoms with Crippen molar-refractivity contribution in [2.45, 2.75) is 0 Å². The molecule has 8 aromatic carbocycles. The van der Waals surface area contributed by atoms with Gasteiger partial charge in [0, 0.05) is 49.2 Å². The fourth-order valence-electron chi connectivity index (χ4n) is 7.83. The van der Waals surface area contributed by atoms with Gasteiger partial charge in [-0.05, 0) is 46.3 Å². The number of rotatable bonds is 5. The van der Waals surface area contributed by atoms with Crippen molar-refractivity contribution in [3.63, 3.8) is 0 Å². The molecule has 0 saturated heterocycles. The fraction of sp³-hybridized carbons (Fsp3) is 0. The van der Waals surface area contributed by atoms with Gasteiger partial charge in [0.1, 0.15) is 22.3 Å². The Kier molecular flexibility index (Phi) is 6.79. The predicted molar refractivity (Wildman–Crippen MR) is 219 cm³/mol. The molecule has 0 radical (unpaired) electrons. The summed E-state index contributed by atoms with van der Waals surface area (Å²) in [6, 6.07) is 60.3. The Bertz CT molecular complexity index is 3220. The first-order chi connectivity index (χ1) is 26.8. The highest BCUT2D eigenvalue weighted by Gasteiger charge is 2.22. The molecule has 11 rings (SSSR count). The predicted octanol–water partition coefficient (Wildman–Crippen LogP) is 13.2. The maximum absolute atomic E-state index is 6.75. The lowest BCUT2D eigenvalue weighted by Crippen LogP contribution is -2.00. The van der Waals surface area contributed by atoms with Crippen LogP contribution in [0.4, 0.5) is 0 Å². The number of hydrogen-bond donors (Lipinski definition) is 0. The van der Waals surface area contributed by atoms with Gasteiger partial charge in [0.25, 0.3) is 0 Å². The molecule has 0 saturated carbocycles. The second-order valence-corrected chi connectivity index (χ2v) is 13.5. The van der Waals surface area contributed by atoms with Crippen LogP contribution in [0.3, 0.4) is 0 Å². The summed E-state index contributed by atoms with van der Waals surface area (Å²) in [4.78, 5) is 15.4. The number of hydrogen-bond acceptors (Lipinski definition) is 5. The largest absolute Gasteiger partial charge is 0.455 e. The SMILES string of the molecule is c1ccc(-c2cccc(-c3nc(-c4ccccc4)nc(-c4cccc5oc6c7ccccc7c(-c7cccc8c7oc7ccccc78)cc6c45)n3)c2)cc1. The van der Waals surface area contributed by atoms with Crippen molar-refractivity contribution in [3.05, 3.63) is 176 Å². The quantitative estimate of drug-likeness (QED) is 0.180. The van der Waals surface area contributed by atoms with Gasteiger partial charge in [0.2, 0.25) is 0 Å². The number of aromatic nitrogens is 3. The van der Waals surface area contributed by atoms with Crippen LogP contribution < -0.4 is 0 Å². The van der Waals surface area contributed by atoms with E-state index in [-0.39, 0.29) is 0 Å². The molecule has 54 heavy (non-hydrogen) atoms. The van der Waals surface area contributed by atoms with Crippen molar-refractivity contribution in [3.8, 4) is 56.4 Å². The van der Waals surface area contributed by atoms with E-state index in [9.17, 15) is 0 Å². The zero-order valence-electron chi connectivity index (χ0n) is 28.9. The molecule has 3 heterocycles. The highest BCUT2D eigenvalue weighted by Crippen LogP contribution is 2.45. The molecule has 0 aliphatic heterocycles. The van der Waals surface area contributed by atoms with E-state index in [4.69, 9.17) is 23.8 Å². The van der Waals surface area contributed by atoms with Gasteiger partial charge in [-0.3, -0.25) is 0 Å². The average molecular weight is 692 g/mol. The smallest absolute Gasteiger partial charge is 0.164 e. The lowest BCUT2D eigenvalue weighted by molar-refractivity contribution is 0.670. The van der Waals surface area contributed by atoms with Crippen LogP contribution in [0.15, 0.2) is 185 Å². The Morgan fingerprint density at radius 2 is 0.833 bits per heavy atom. The van der Waals surface area contributed by atoms with Crippen LogP contribution in [0.2, 0.25) is 0 Å². The van der Waals surface area contributed by atoms with Crippen molar-refractivity contribution < 1.29 is 8.83 Å². The van der Waals surface area contributed by atoms with E-state index in [1.54, 1.807) is 0 Å². The first-order valence-corrected chi connectivity index (χ1v) is 18.0. The van der Waals surface area contributed by atoms with Gasteiger partial charge in [-0.2, -0.15) is 0 Å². The van der Waals surface area contributed by atoms with E-state index in [0.29, 0.717) is 17.5 Å². The second kappa shape index (κ2) is 12.1. The molecular formula is C49H29N3O2. The highest BCUT2D eigenvalue weighted by molar-refractivity contribution is 6.23. The van der Waals surface area contributed by atoms with E-state index in [2.05, 4.69) is 115 Å². The van der Waals surface area contributed by atoms with Crippen LogP contribution in [0.25, 0.3) is 111 Å². The molecule has 0 N–H and O–H groups in total. The second-order valence-electron chi connectivity index (χ2n) is 13.5. The van der Waals surface area contributed by atoms with Crippen LogP contribution >= 0.6 is 0 Å². The first-order valence-electron chi connectivity index (χ1n) is 18.0. The molecule has 0 amide bonds. The summed E-state index contributed by atoms with van der Waals surface area (Å²) >= 11 is 0. The Hall–Kier alpha value is -7.37. The van der Waals surface area contributed by atoms with Gasteiger partial charge in [0.15, 0.2) is 17.5 Å². The molecule has 5 nitrogen and oxygen atoms in total. The van der Waals surface area contributed by atoms with Gasteiger partial charge in [-0.25, -0.2) is 15.0 Å². The lowest BCUT2D eigenvalue weighted by atomic mass is 9.93. The van der Waals surface area contributed by atoms with E-state index in [1.165, 1.54) is 0 Å². The molecule has 3 aromatic heterocycles. The van der Waals surface area contributed by atoms with Gasteiger partial charge < -0.3 is 8.83 Å². The Morgan fingerprint density at radius 3 is 1.67 bits per heavy atom. The highest BCUT2D eigenvalue weighted by atomic mass is 16.3. The summed E-state index contributed by atoms with van der Waals surface area (Å²) in [5.41, 5.74) is 10.3. The van der Waals surface area contributed by atoms with Crippen molar-refractivity contribution >= 4 is 54.6 Å². The van der Waals surface area contributed by atoms with Crippen molar-refractivity contribution in [1.29, 1.82) is 0 Å². The maximum Gasteiger partial charge on any atom is 0.164 e. The summed E-state index contributed by atoms with van der Waals surface area (Å²) in [5, 5.41) is 6.24. The van der Waals surface area contributed by atoms with Crippen molar-refractivity contribution in [2.24, 2.45) is 0 Å². The van der Waals surface area contributed by atoms with E-state index >= 15 is 0 Å². The summed E-state index contributed by atoms with van der Waals surface area (Å²) in [5.74, 6) is 1.78. The average Bonchev–Trinajstić information content (AvgIpc) is 3.83. The molecule has 0 bridgehead atoms. The van der Waals surface area contributed by atoms with Crippen molar-refractivity contribution in [2.75, 3.05) is 0 Å². The van der Waals surface area contributed by atoms with Crippen LogP contribution in [0, 0.1) is 0 Å². The first kappa shape index (κ1) is 30.3. The molecule has 0 fully saturated rings. The minimum atomic E-state index is 0.575. The Labute approximate surface area is 309 Å². The molecular weight excluding hydrogens is 663 g/mol. The van der Waals surface area contributed by atoms with Gasteiger partial charge in [0.05, 0.1) is 0 Å². The van der Waals surface area contributed by atoms with Crippen molar-refractivity contribution in [1.82, 2.24) is 15.0 Å². The molecule has 0 atom stereocenters. The van der Waals surface area contributed by atoms with E-state index in [0.717, 1.165) is 93.6 Å². The standard InChI is InChI=1S/C49H29N3O2/c1-3-14-30(15-4-1)32-18-11-19-33(28-32)48-50-47(31-16-5-2-6-17-31)51-49(52-48)39-25-13-27-43-44(39)41-29-40(34-20-7-8-22-36(34)46(41)54-43)38-24-12-23-37-35-21-9-10-26-42(35)53-45(37)38/h1-29H. The zero-order chi connectivity index (χ0) is 35.6. The summed E-state index contributed by atoms with van der Waals surface area (Å²) in [6.07, 6.45) is 0. The number of fused-ring (bicyclic) bond motifs is 8. The normalized spacial score (nSPS) is 11.7. The van der Waals surface area contributed by atoms with E-state index < -0.39 is 0 Å². The molecule has 0 aliphatic carbocycles. The number of para-hydroxylation sites is 2. The third-order valence-electron chi connectivity index (χ3n) is 10.3. The van der Waals surface area contributed by atoms with Crippen LogP contribution in [0.5, 0.6) is 0 Å². The minimum absolute atomic E-state index is 0.575. The van der Waals surface area contributed by atoms with Crippen LogP contribution in [0.1, 0.15) is 0 Å².